The van der Waals surface area contributed by atoms with Crippen LogP contribution in [-0.4, -0.2) is 11.0 Å². The number of carbonyl (C=O) groups is 1. The van der Waals surface area contributed by atoms with Crippen molar-refractivity contribution in [1.82, 2.24) is 0 Å². The monoisotopic (exact) mass is 129 g/mol. The molecule has 3 heteroatoms. The lowest BCUT2D eigenvalue weighted by Gasteiger charge is -1.95. The van der Waals surface area contributed by atoms with Crippen LogP contribution in [0.5, 0.6) is 0 Å². The molecule has 0 saturated carbocycles. The molecule has 0 aliphatic rings. The second-order valence-corrected chi connectivity index (χ2v) is 2.16. The van der Waals surface area contributed by atoms with Gasteiger partial charge in [0.2, 0.25) is 0 Å². The van der Waals surface area contributed by atoms with Gasteiger partial charge in [-0.2, -0.15) is 0 Å². The lowest BCUT2D eigenvalue weighted by atomic mass is 10.2. The maximum absolute atomic E-state index is 10.1. The van der Waals surface area contributed by atoms with Crippen LogP contribution in [0.25, 0.3) is 0 Å². The van der Waals surface area contributed by atoms with Crippen LogP contribution < -0.4 is 5.73 Å². The molecular weight excluding hydrogens is 118 g/mol. The van der Waals surface area contributed by atoms with Gasteiger partial charge in [0.1, 0.15) is 0 Å². The van der Waals surface area contributed by atoms with Crippen molar-refractivity contribution in [3.8, 4) is 0 Å². The molecule has 0 heterocycles. The van der Waals surface area contributed by atoms with E-state index < -0.39 is 5.91 Å². The van der Waals surface area contributed by atoms with Crippen molar-refractivity contribution in [1.29, 1.82) is 0 Å². The second-order valence-electron chi connectivity index (χ2n) is 2.16. The highest BCUT2D eigenvalue weighted by Crippen LogP contribution is 1.97. The fraction of sp³-hybridized carbons (Fsp3) is 0.500. The first-order valence-corrected chi connectivity index (χ1v) is 2.74. The molecule has 0 aliphatic heterocycles. The van der Waals surface area contributed by atoms with Gasteiger partial charge in [-0.15, -0.1) is 0 Å². The van der Waals surface area contributed by atoms with E-state index in [1.165, 1.54) is 6.08 Å². The van der Waals surface area contributed by atoms with Crippen molar-refractivity contribution >= 4 is 5.91 Å². The lowest BCUT2D eigenvalue weighted by molar-refractivity contribution is -0.117. The molecule has 0 saturated heterocycles. The van der Waals surface area contributed by atoms with Crippen LogP contribution in [0.4, 0.5) is 0 Å². The van der Waals surface area contributed by atoms with Crippen molar-refractivity contribution in [2.45, 2.75) is 13.8 Å². The van der Waals surface area contributed by atoms with Gasteiger partial charge >= 0.3 is 0 Å². The van der Waals surface area contributed by atoms with Gasteiger partial charge in [-0.05, 0) is 12.0 Å². The van der Waals surface area contributed by atoms with Crippen LogP contribution >= 0.6 is 0 Å². The van der Waals surface area contributed by atoms with Gasteiger partial charge in [0, 0.05) is 0 Å². The van der Waals surface area contributed by atoms with E-state index in [-0.39, 0.29) is 11.7 Å². The molecule has 52 valence electrons. The van der Waals surface area contributed by atoms with Crippen molar-refractivity contribution in [3.63, 3.8) is 0 Å². The zero-order chi connectivity index (χ0) is 7.44. The van der Waals surface area contributed by atoms with E-state index in [9.17, 15) is 4.79 Å². The number of primary amides is 1. The summed E-state index contributed by atoms with van der Waals surface area (Å²) in [6, 6.07) is 0. The Bertz CT molecular complexity index is 138. The van der Waals surface area contributed by atoms with Gasteiger partial charge in [-0.1, -0.05) is 13.8 Å². The molecule has 0 aliphatic carbocycles. The Morgan fingerprint density at radius 1 is 1.67 bits per heavy atom. The quantitative estimate of drug-likeness (QED) is 0.423. The smallest absolute Gasteiger partial charge is 0.283 e. The average Bonchev–Trinajstić information content (AvgIpc) is 1.63. The molecule has 3 nitrogen and oxygen atoms in total. The molecule has 0 rings (SSSR count). The largest absolute Gasteiger partial charge is 0.503 e. The van der Waals surface area contributed by atoms with Gasteiger partial charge in [-0.3, -0.25) is 4.79 Å². The third kappa shape index (κ3) is 3.58. The van der Waals surface area contributed by atoms with Gasteiger partial charge in [0.25, 0.3) is 5.91 Å². The molecule has 1 amide bonds. The summed E-state index contributed by atoms with van der Waals surface area (Å²) in [6.45, 7) is 3.69. The lowest BCUT2D eigenvalue weighted by Crippen LogP contribution is -2.13. The summed E-state index contributed by atoms with van der Waals surface area (Å²) in [5.74, 6) is -0.980. The molecule has 0 aromatic heterocycles. The van der Waals surface area contributed by atoms with Crippen molar-refractivity contribution in [2.75, 3.05) is 0 Å². The molecule has 9 heavy (non-hydrogen) atoms. The Balaban J connectivity index is 4.00. The molecule has 0 radical (unpaired) electrons. The highest BCUT2D eigenvalue weighted by atomic mass is 16.3. The maximum Gasteiger partial charge on any atom is 0.283 e. The standard InChI is InChI=1S/C6H11NO2/c1-4(2)3-5(8)6(7)9/h3-4,8H,1-2H3,(H2,7,9). The Kier molecular flexibility index (Phi) is 2.78. The summed E-state index contributed by atoms with van der Waals surface area (Å²) in [6.07, 6.45) is 1.41. The minimum atomic E-state index is -0.774. The summed E-state index contributed by atoms with van der Waals surface area (Å²) >= 11 is 0. The molecule has 3 N–H and O–H groups in total. The average molecular weight is 129 g/mol. The maximum atomic E-state index is 10.1. The highest BCUT2D eigenvalue weighted by molar-refractivity contribution is 5.89. The van der Waals surface area contributed by atoms with Crippen molar-refractivity contribution in [3.05, 3.63) is 11.8 Å². The van der Waals surface area contributed by atoms with E-state index in [2.05, 4.69) is 0 Å². The number of hydrogen-bond donors (Lipinski definition) is 2. The Morgan fingerprint density at radius 3 is 2.22 bits per heavy atom. The second kappa shape index (κ2) is 3.12. The first-order valence-electron chi connectivity index (χ1n) is 2.74. The number of aliphatic hydroxyl groups is 1. The first-order chi connectivity index (χ1) is 4.04. The minimum Gasteiger partial charge on any atom is -0.503 e. The van der Waals surface area contributed by atoms with Crippen LogP contribution in [0.2, 0.25) is 0 Å². The van der Waals surface area contributed by atoms with E-state index in [4.69, 9.17) is 10.8 Å². The number of amides is 1. The SMILES string of the molecule is CC(C)C=C(O)C(N)=O. The fourth-order valence-corrected chi connectivity index (χ4v) is 0.398. The molecule has 0 unspecified atom stereocenters. The molecule has 0 aromatic carbocycles. The number of aliphatic hydroxyl groups excluding tert-OH is 1. The minimum absolute atomic E-state index is 0.150. The number of hydrogen-bond acceptors (Lipinski definition) is 2. The number of carbonyl (C=O) groups excluding carboxylic acids is 1. The molecule has 0 atom stereocenters. The first kappa shape index (κ1) is 8.01. The third-order valence-corrected chi connectivity index (χ3v) is 0.744. The van der Waals surface area contributed by atoms with E-state index in [0.717, 1.165) is 0 Å². The molecule has 0 aromatic rings. The van der Waals surface area contributed by atoms with E-state index in [1.807, 2.05) is 13.8 Å². The summed E-state index contributed by atoms with van der Waals surface area (Å²) in [5, 5.41) is 8.68. The van der Waals surface area contributed by atoms with Crippen molar-refractivity contribution < 1.29 is 9.90 Å². The van der Waals surface area contributed by atoms with Crippen LogP contribution in [0.3, 0.4) is 0 Å². The molecule has 0 fully saturated rings. The van der Waals surface area contributed by atoms with Crippen LogP contribution in [0.15, 0.2) is 11.8 Å². The summed E-state index contributed by atoms with van der Waals surface area (Å²) in [5.41, 5.74) is 4.73. The number of nitrogens with two attached hydrogens (primary N) is 1. The van der Waals surface area contributed by atoms with Crippen LogP contribution in [-0.2, 0) is 4.79 Å². The van der Waals surface area contributed by atoms with Gasteiger partial charge in [0.15, 0.2) is 5.76 Å². The normalized spacial score (nSPS) is 12.1. The zero-order valence-corrected chi connectivity index (χ0v) is 5.59. The molecule has 0 spiro atoms. The van der Waals surface area contributed by atoms with Gasteiger partial charge in [-0.25, -0.2) is 0 Å². The predicted octanol–water partition coefficient (Wildman–Crippen LogP) is 0.570. The van der Waals surface area contributed by atoms with Crippen LogP contribution in [0.1, 0.15) is 13.8 Å². The number of rotatable bonds is 2. The number of allylic oxidation sites excluding steroid dienone is 1. The Hall–Kier alpha value is -0.990. The topological polar surface area (TPSA) is 63.3 Å². The van der Waals surface area contributed by atoms with E-state index >= 15 is 0 Å². The van der Waals surface area contributed by atoms with Gasteiger partial charge in [0.05, 0.1) is 0 Å². The van der Waals surface area contributed by atoms with Gasteiger partial charge < -0.3 is 10.8 Å². The molecular formula is C6H11NO2. The summed E-state index contributed by atoms with van der Waals surface area (Å²) in [4.78, 5) is 10.1. The molecule has 0 bridgehead atoms. The summed E-state index contributed by atoms with van der Waals surface area (Å²) < 4.78 is 0. The fourth-order valence-electron chi connectivity index (χ4n) is 0.398. The summed E-state index contributed by atoms with van der Waals surface area (Å²) in [7, 11) is 0. The third-order valence-electron chi connectivity index (χ3n) is 0.744. The van der Waals surface area contributed by atoms with E-state index in [1.54, 1.807) is 0 Å². The highest BCUT2D eigenvalue weighted by Gasteiger charge is 1.99. The Morgan fingerprint density at radius 2 is 2.11 bits per heavy atom. The van der Waals surface area contributed by atoms with Crippen molar-refractivity contribution in [2.24, 2.45) is 11.7 Å². The van der Waals surface area contributed by atoms with Crippen LogP contribution in [0, 0.1) is 5.92 Å². The Labute approximate surface area is 54.2 Å². The predicted molar refractivity (Wildman–Crippen MR) is 34.7 cm³/mol. The van der Waals surface area contributed by atoms with E-state index in [0.29, 0.717) is 0 Å². The zero-order valence-electron chi connectivity index (χ0n) is 5.59.